The standard InChI is InChI=1S/C12H16BrN3O2/c1-7(8-3-2-4-9(13)5-8)16-12(18)10(14)6-11(15)17/h2-5,7,10H,6,14H2,1H3,(H2,15,17)(H,16,18)/t7-,10?/m1/s1. The van der Waals surface area contributed by atoms with Gasteiger partial charge in [-0.15, -0.1) is 0 Å². The largest absolute Gasteiger partial charge is 0.370 e. The Balaban J connectivity index is 2.62. The molecule has 0 aromatic heterocycles. The number of hydrogen-bond donors (Lipinski definition) is 3. The van der Waals surface area contributed by atoms with E-state index >= 15 is 0 Å². The van der Waals surface area contributed by atoms with Crippen LogP contribution >= 0.6 is 15.9 Å². The summed E-state index contributed by atoms with van der Waals surface area (Å²) in [6.07, 6.45) is -0.156. The lowest BCUT2D eigenvalue weighted by Gasteiger charge is -2.17. The van der Waals surface area contributed by atoms with Gasteiger partial charge in [-0.05, 0) is 24.6 Å². The minimum atomic E-state index is -0.905. The van der Waals surface area contributed by atoms with Crippen molar-refractivity contribution in [2.24, 2.45) is 11.5 Å². The summed E-state index contributed by atoms with van der Waals surface area (Å²) in [4.78, 5) is 22.4. The molecule has 0 bridgehead atoms. The molecular weight excluding hydrogens is 298 g/mol. The molecule has 1 rings (SSSR count). The molecule has 0 aliphatic rings. The monoisotopic (exact) mass is 313 g/mol. The van der Waals surface area contributed by atoms with E-state index in [-0.39, 0.29) is 18.4 Å². The van der Waals surface area contributed by atoms with Crippen molar-refractivity contribution in [2.45, 2.75) is 25.4 Å². The summed E-state index contributed by atoms with van der Waals surface area (Å²) in [7, 11) is 0. The molecule has 0 saturated carbocycles. The summed E-state index contributed by atoms with van der Waals surface area (Å²) >= 11 is 3.36. The van der Waals surface area contributed by atoms with Crippen LogP contribution in [0.25, 0.3) is 0 Å². The third-order valence-electron chi connectivity index (χ3n) is 2.47. The van der Waals surface area contributed by atoms with Crippen molar-refractivity contribution < 1.29 is 9.59 Å². The van der Waals surface area contributed by atoms with E-state index in [9.17, 15) is 9.59 Å². The SMILES string of the molecule is C[C@@H](NC(=O)C(N)CC(N)=O)c1cccc(Br)c1. The normalized spacial score (nSPS) is 13.7. The second-order valence-corrected chi connectivity index (χ2v) is 4.98. The van der Waals surface area contributed by atoms with E-state index in [1.54, 1.807) is 0 Å². The first-order valence-corrected chi connectivity index (χ1v) is 6.29. The molecule has 2 amide bonds. The van der Waals surface area contributed by atoms with Crippen LogP contribution < -0.4 is 16.8 Å². The van der Waals surface area contributed by atoms with Gasteiger partial charge in [-0.3, -0.25) is 9.59 Å². The number of amides is 2. The topological polar surface area (TPSA) is 98.2 Å². The van der Waals surface area contributed by atoms with E-state index in [4.69, 9.17) is 11.5 Å². The maximum atomic E-state index is 11.7. The number of carbonyl (C=O) groups is 2. The van der Waals surface area contributed by atoms with Crippen LogP contribution in [0.2, 0.25) is 0 Å². The van der Waals surface area contributed by atoms with E-state index in [0.29, 0.717) is 0 Å². The summed E-state index contributed by atoms with van der Waals surface area (Å²) in [5.74, 6) is -0.978. The molecular formula is C12H16BrN3O2. The Hall–Kier alpha value is -1.40. The number of primary amides is 1. The summed E-state index contributed by atoms with van der Waals surface area (Å²) in [5, 5.41) is 2.74. The first-order chi connectivity index (χ1) is 8.40. The Kier molecular flexibility index (Phi) is 5.30. The summed E-state index contributed by atoms with van der Waals surface area (Å²) < 4.78 is 0.933. The van der Waals surface area contributed by atoms with Crippen molar-refractivity contribution in [1.29, 1.82) is 0 Å². The Morgan fingerprint density at radius 3 is 2.67 bits per heavy atom. The van der Waals surface area contributed by atoms with Gasteiger partial charge in [0, 0.05) is 4.47 Å². The first kappa shape index (κ1) is 14.7. The van der Waals surface area contributed by atoms with E-state index in [1.165, 1.54) is 0 Å². The average molecular weight is 314 g/mol. The Bertz CT molecular complexity index is 451. The Morgan fingerprint density at radius 2 is 2.11 bits per heavy atom. The molecule has 5 N–H and O–H groups in total. The summed E-state index contributed by atoms with van der Waals surface area (Å²) in [6.45, 7) is 1.84. The summed E-state index contributed by atoms with van der Waals surface area (Å²) in [5.41, 5.74) is 11.5. The quantitative estimate of drug-likeness (QED) is 0.751. The highest BCUT2D eigenvalue weighted by Gasteiger charge is 2.18. The lowest BCUT2D eigenvalue weighted by Crippen LogP contribution is -2.43. The second-order valence-electron chi connectivity index (χ2n) is 4.06. The van der Waals surface area contributed by atoms with Crippen molar-refractivity contribution in [1.82, 2.24) is 5.32 Å². The number of nitrogens with two attached hydrogens (primary N) is 2. The van der Waals surface area contributed by atoms with Crippen LogP contribution in [0.15, 0.2) is 28.7 Å². The van der Waals surface area contributed by atoms with Gasteiger partial charge in [0.05, 0.1) is 18.5 Å². The summed E-state index contributed by atoms with van der Waals surface area (Å²) in [6, 6.07) is 6.49. The maximum absolute atomic E-state index is 11.7. The van der Waals surface area contributed by atoms with Crippen LogP contribution in [-0.4, -0.2) is 17.9 Å². The zero-order valence-electron chi connectivity index (χ0n) is 10.0. The molecule has 1 aromatic rings. The highest BCUT2D eigenvalue weighted by atomic mass is 79.9. The minimum Gasteiger partial charge on any atom is -0.370 e. The van der Waals surface area contributed by atoms with E-state index < -0.39 is 11.9 Å². The average Bonchev–Trinajstić information content (AvgIpc) is 2.27. The molecule has 18 heavy (non-hydrogen) atoms. The number of carbonyl (C=O) groups excluding carboxylic acids is 2. The van der Waals surface area contributed by atoms with Crippen molar-refractivity contribution in [3.05, 3.63) is 34.3 Å². The third kappa shape index (κ3) is 4.46. The van der Waals surface area contributed by atoms with Crippen molar-refractivity contribution in [3.8, 4) is 0 Å². The zero-order valence-corrected chi connectivity index (χ0v) is 11.6. The molecule has 2 atom stereocenters. The second kappa shape index (κ2) is 6.51. The van der Waals surface area contributed by atoms with Gasteiger partial charge in [-0.1, -0.05) is 28.1 Å². The van der Waals surface area contributed by atoms with Crippen molar-refractivity contribution in [3.63, 3.8) is 0 Å². The van der Waals surface area contributed by atoms with Crippen LogP contribution in [0.1, 0.15) is 24.9 Å². The fraction of sp³-hybridized carbons (Fsp3) is 0.333. The fourth-order valence-corrected chi connectivity index (χ4v) is 1.91. The zero-order chi connectivity index (χ0) is 13.7. The van der Waals surface area contributed by atoms with Crippen LogP contribution in [0, 0.1) is 0 Å². The minimum absolute atomic E-state index is 0.156. The van der Waals surface area contributed by atoms with Crippen molar-refractivity contribution >= 4 is 27.7 Å². The molecule has 5 nitrogen and oxygen atoms in total. The van der Waals surface area contributed by atoms with E-state index in [0.717, 1.165) is 10.0 Å². The van der Waals surface area contributed by atoms with Crippen LogP contribution in [0.3, 0.4) is 0 Å². The van der Waals surface area contributed by atoms with Gasteiger partial charge in [0.25, 0.3) is 0 Å². The van der Waals surface area contributed by atoms with Crippen LogP contribution in [0.4, 0.5) is 0 Å². The molecule has 6 heteroatoms. The maximum Gasteiger partial charge on any atom is 0.237 e. The molecule has 1 unspecified atom stereocenters. The highest BCUT2D eigenvalue weighted by molar-refractivity contribution is 9.10. The lowest BCUT2D eigenvalue weighted by molar-refractivity contribution is -0.126. The highest BCUT2D eigenvalue weighted by Crippen LogP contribution is 2.17. The number of benzene rings is 1. The van der Waals surface area contributed by atoms with Gasteiger partial charge in [-0.25, -0.2) is 0 Å². The number of rotatable bonds is 5. The van der Waals surface area contributed by atoms with Gasteiger partial charge in [0.15, 0.2) is 0 Å². The molecule has 0 fully saturated rings. The first-order valence-electron chi connectivity index (χ1n) is 5.50. The van der Waals surface area contributed by atoms with E-state index in [1.807, 2.05) is 31.2 Å². The fourth-order valence-electron chi connectivity index (χ4n) is 1.49. The van der Waals surface area contributed by atoms with Crippen LogP contribution in [-0.2, 0) is 9.59 Å². The molecule has 0 radical (unpaired) electrons. The Labute approximate surface area is 114 Å². The molecule has 0 aliphatic heterocycles. The molecule has 0 saturated heterocycles. The predicted octanol–water partition coefficient (Wildman–Crippen LogP) is 0.829. The van der Waals surface area contributed by atoms with Gasteiger partial charge < -0.3 is 16.8 Å². The van der Waals surface area contributed by atoms with E-state index in [2.05, 4.69) is 21.2 Å². The van der Waals surface area contributed by atoms with Crippen molar-refractivity contribution in [2.75, 3.05) is 0 Å². The van der Waals surface area contributed by atoms with Gasteiger partial charge in [0.2, 0.25) is 11.8 Å². The molecule has 0 heterocycles. The van der Waals surface area contributed by atoms with Gasteiger partial charge >= 0.3 is 0 Å². The molecule has 0 spiro atoms. The molecule has 0 aliphatic carbocycles. The van der Waals surface area contributed by atoms with Crippen LogP contribution in [0.5, 0.6) is 0 Å². The lowest BCUT2D eigenvalue weighted by atomic mass is 10.1. The van der Waals surface area contributed by atoms with Gasteiger partial charge in [0.1, 0.15) is 0 Å². The third-order valence-corrected chi connectivity index (χ3v) is 2.96. The van der Waals surface area contributed by atoms with Gasteiger partial charge in [-0.2, -0.15) is 0 Å². The predicted molar refractivity (Wildman–Crippen MR) is 72.5 cm³/mol. The number of nitrogens with one attached hydrogen (secondary N) is 1. The Morgan fingerprint density at radius 1 is 1.44 bits per heavy atom. The number of hydrogen-bond acceptors (Lipinski definition) is 3. The molecule has 1 aromatic carbocycles. The smallest absolute Gasteiger partial charge is 0.237 e. The molecule has 98 valence electrons. The number of halogens is 1.